The summed E-state index contributed by atoms with van der Waals surface area (Å²) >= 11 is 0. The highest BCUT2D eigenvalue weighted by Crippen LogP contribution is 2.21. The Labute approximate surface area is 90.5 Å². The third kappa shape index (κ3) is 2.71. The SMILES string of the molecule is CCCCn1c(C(F)F)nnc1S(=O)(=O)F. The summed E-state index contributed by atoms with van der Waals surface area (Å²) in [6.07, 6.45) is -1.91. The van der Waals surface area contributed by atoms with Crippen molar-refractivity contribution >= 4 is 10.2 Å². The first kappa shape index (κ1) is 12.9. The molecule has 0 aliphatic heterocycles. The van der Waals surface area contributed by atoms with Crippen molar-refractivity contribution in [3.8, 4) is 0 Å². The van der Waals surface area contributed by atoms with Crippen LogP contribution in [0.25, 0.3) is 0 Å². The monoisotopic (exact) mass is 257 g/mol. The maximum Gasteiger partial charge on any atom is 0.368 e. The Bertz CT molecular complexity index is 457. The van der Waals surface area contributed by atoms with E-state index in [1.807, 2.05) is 0 Å². The van der Waals surface area contributed by atoms with Crippen LogP contribution in [0, 0.1) is 0 Å². The van der Waals surface area contributed by atoms with Gasteiger partial charge in [-0.3, -0.25) is 4.57 Å². The van der Waals surface area contributed by atoms with Crippen LogP contribution in [-0.2, 0) is 16.8 Å². The summed E-state index contributed by atoms with van der Waals surface area (Å²) in [6, 6.07) is 0. The number of hydrogen-bond donors (Lipinski definition) is 0. The zero-order valence-electron chi connectivity index (χ0n) is 8.40. The van der Waals surface area contributed by atoms with Gasteiger partial charge in [0.2, 0.25) is 5.82 Å². The van der Waals surface area contributed by atoms with Gasteiger partial charge in [0.15, 0.2) is 0 Å². The average molecular weight is 257 g/mol. The van der Waals surface area contributed by atoms with Crippen LogP contribution in [0.3, 0.4) is 0 Å². The van der Waals surface area contributed by atoms with E-state index in [0.717, 1.165) is 0 Å². The minimum atomic E-state index is -5.12. The Hall–Kier alpha value is -1.12. The van der Waals surface area contributed by atoms with Crippen LogP contribution in [0.5, 0.6) is 0 Å². The quantitative estimate of drug-likeness (QED) is 0.753. The first-order valence-electron chi connectivity index (χ1n) is 4.53. The fourth-order valence-electron chi connectivity index (χ4n) is 1.17. The first-order chi connectivity index (χ1) is 7.38. The molecule has 1 heterocycles. The number of halogens is 3. The van der Waals surface area contributed by atoms with Crippen LogP contribution in [0.2, 0.25) is 0 Å². The molecular weight excluding hydrogens is 247 g/mol. The molecule has 0 fully saturated rings. The number of aromatic nitrogens is 3. The molecule has 1 rings (SSSR count). The summed E-state index contributed by atoms with van der Waals surface area (Å²) in [7, 11) is -5.12. The van der Waals surface area contributed by atoms with Gasteiger partial charge in [0, 0.05) is 6.54 Å². The lowest BCUT2D eigenvalue weighted by Gasteiger charge is -2.06. The highest BCUT2D eigenvalue weighted by Gasteiger charge is 2.27. The van der Waals surface area contributed by atoms with Crippen molar-refractivity contribution in [3.05, 3.63) is 5.82 Å². The van der Waals surface area contributed by atoms with Gasteiger partial charge in [-0.25, -0.2) is 8.78 Å². The van der Waals surface area contributed by atoms with Crippen LogP contribution >= 0.6 is 0 Å². The predicted octanol–water partition coefficient (Wildman–Crippen LogP) is 1.67. The van der Waals surface area contributed by atoms with Crippen molar-refractivity contribution in [1.82, 2.24) is 14.8 Å². The van der Waals surface area contributed by atoms with Crippen LogP contribution in [0.1, 0.15) is 32.0 Å². The van der Waals surface area contributed by atoms with Gasteiger partial charge < -0.3 is 0 Å². The summed E-state index contributed by atoms with van der Waals surface area (Å²) < 4.78 is 59.4. The maximum absolute atomic E-state index is 12.7. The normalized spacial score (nSPS) is 12.3. The fourth-order valence-corrected chi connectivity index (χ4v) is 1.75. The molecule has 9 heteroatoms. The first-order valence-corrected chi connectivity index (χ1v) is 5.92. The molecule has 16 heavy (non-hydrogen) atoms. The van der Waals surface area contributed by atoms with Gasteiger partial charge in [0.25, 0.3) is 11.6 Å². The second-order valence-corrected chi connectivity index (χ2v) is 4.33. The summed E-state index contributed by atoms with van der Waals surface area (Å²) in [5, 5.41) is 4.85. The molecule has 0 aliphatic carbocycles. The molecule has 0 atom stereocenters. The Morgan fingerprint density at radius 3 is 2.44 bits per heavy atom. The van der Waals surface area contributed by atoms with Crippen molar-refractivity contribution < 1.29 is 21.1 Å². The minimum Gasteiger partial charge on any atom is -0.295 e. The van der Waals surface area contributed by atoms with E-state index in [1.165, 1.54) is 0 Å². The Morgan fingerprint density at radius 2 is 2.00 bits per heavy atom. The molecule has 0 saturated heterocycles. The molecule has 0 amide bonds. The van der Waals surface area contributed by atoms with Crippen LogP contribution < -0.4 is 0 Å². The topological polar surface area (TPSA) is 64.8 Å². The smallest absolute Gasteiger partial charge is 0.295 e. The van der Waals surface area contributed by atoms with E-state index in [9.17, 15) is 21.1 Å². The molecule has 92 valence electrons. The molecular formula is C7H10F3N3O2S. The van der Waals surface area contributed by atoms with Gasteiger partial charge in [-0.1, -0.05) is 17.2 Å². The highest BCUT2D eigenvalue weighted by atomic mass is 32.3. The molecule has 0 radical (unpaired) electrons. The van der Waals surface area contributed by atoms with Gasteiger partial charge in [0.1, 0.15) is 0 Å². The molecule has 1 aromatic heterocycles. The lowest BCUT2D eigenvalue weighted by molar-refractivity contribution is 0.133. The summed E-state index contributed by atoms with van der Waals surface area (Å²) in [5.74, 6) is -0.829. The van der Waals surface area contributed by atoms with Gasteiger partial charge in [-0.05, 0) is 6.42 Å². The fraction of sp³-hybridized carbons (Fsp3) is 0.714. The molecule has 1 aromatic rings. The number of alkyl halides is 2. The van der Waals surface area contributed by atoms with Crippen molar-refractivity contribution in [2.75, 3.05) is 0 Å². The van der Waals surface area contributed by atoms with Gasteiger partial charge in [-0.2, -0.15) is 8.42 Å². The summed E-state index contributed by atoms with van der Waals surface area (Å²) in [4.78, 5) is 0. The number of rotatable bonds is 5. The summed E-state index contributed by atoms with van der Waals surface area (Å²) in [5.41, 5.74) is 0. The highest BCUT2D eigenvalue weighted by molar-refractivity contribution is 7.86. The van der Waals surface area contributed by atoms with Crippen LogP contribution in [0.4, 0.5) is 12.7 Å². The molecule has 0 saturated carbocycles. The van der Waals surface area contributed by atoms with E-state index in [1.54, 1.807) is 6.92 Å². The van der Waals surface area contributed by atoms with E-state index in [-0.39, 0.29) is 6.54 Å². The van der Waals surface area contributed by atoms with E-state index in [4.69, 9.17) is 0 Å². The summed E-state index contributed by atoms with van der Waals surface area (Å²) in [6.45, 7) is 1.73. The Balaban J connectivity index is 3.20. The van der Waals surface area contributed by atoms with Crippen molar-refractivity contribution in [1.29, 1.82) is 0 Å². The standard InChI is InChI=1S/C7H10F3N3O2S/c1-2-3-4-13-6(5(8)9)11-12-7(13)16(10,14)15/h5H,2-4H2,1H3. The van der Waals surface area contributed by atoms with Gasteiger partial charge >= 0.3 is 10.2 Å². The second-order valence-electron chi connectivity index (χ2n) is 3.08. The molecule has 0 N–H and O–H groups in total. The van der Waals surface area contributed by atoms with Crippen LogP contribution in [-0.4, -0.2) is 23.2 Å². The third-order valence-corrected chi connectivity index (χ3v) is 2.63. The minimum absolute atomic E-state index is 0.0539. The molecule has 0 aromatic carbocycles. The van der Waals surface area contributed by atoms with Gasteiger partial charge in [0.05, 0.1) is 0 Å². The molecule has 0 aliphatic rings. The lowest BCUT2D eigenvalue weighted by Crippen LogP contribution is -2.10. The lowest BCUT2D eigenvalue weighted by atomic mass is 10.3. The van der Waals surface area contributed by atoms with Crippen LogP contribution in [0.15, 0.2) is 5.16 Å². The van der Waals surface area contributed by atoms with Crippen molar-refractivity contribution in [2.45, 2.75) is 37.9 Å². The zero-order valence-corrected chi connectivity index (χ0v) is 9.22. The Kier molecular flexibility index (Phi) is 3.89. The molecule has 0 unspecified atom stereocenters. The average Bonchev–Trinajstić information content (AvgIpc) is 2.57. The van der Waals surface area contributed by atoms with Crippen molar-refractivity contribution in [3.63, 3.8) is 0 Å². The van der Waals surface area contributed by atoms with E-state index >= 15 is 0 Å². The maximum atomic E-state index is 12.7. The largest absolute Gasteiger partial charge is 0.368 e. The van der Waals surface area contributed by atoms with E-state index in [0.29, 0.717) is 17.4 Å². The molecule has 0 spiro atoms. The van der Waals surface area contributed by atoms with Gasteiger partial charge in [-0.15, -0.1) is 10.2 Å². The molecule has 5 nitrogen and oxygen atoms in total. The van der Waals surface area contributed by atoms with Crippen molar-refractivity contribution in [2.24, 2.45) is 0 Å². The number of unbranched alkanes of at least 4 members (excludes halogenated alkanes) is 1. The molecule has 0 bridgehead atoms. The Morgan fingerprint density at radius 1 is 1.38 bits per heavy atom. The van der Waals surface area contributed by atoms with E-state index < -0.39 is 27.6 Å². The second kappa shape index (κ2) is 4.81. The third-order valence-electron chi connectivity index (χ3n) is 1.89. The number of nitrogens with zero attached hydrogens (tertiary/aromatic N) is 3. The zero-order chi connectivity index (χ0) is 12.3. The van der Waals surface area contributed by atoms with E-state index in [2.05, 4.69) is 10.2 Å². The number of hydrogen-bond acceptors (Lipinski definition) is 4. The predicted molar refractivity (Wildman–Crippen MR) is 48.2 cm³/mol.